The number of carbonyl (C=O) groups excluding carboxylic acids is 1. The van der Waals surface area contributed by atoms with Gasteiger partial charge in [-0.15, -0.1) is 0 Å². The van der Waals surface area contributed by atoms with Crippen LogP contribution in [0.5, 0.6) is 0 Å². The highest BCUT2D eigenvalue weighted by atomic mass is 32.2. The first-order valence-corrected chi connectivity index (χ1v) is 7.76. The summed E-state index contributed by atoms with van der Waals surface area (Å²) in [6.07, 6.45) is 0. The van der Waals surface area contributed by atoms with Crippen molar-refractivity contribution in [3.05, 3.63) is 34.9 Å². The fourth-order valence-corrected chi connectivity index (χ4v) is 3.63. The molecule has 3 atom stereocenters. The fraction of sp³-hybridized carbons (Fsp3) is 0.500. The fourth-order valence-electron chi connectivity index (χ4n) is 2.23. The molecule has 0 bridgehead atoms. The lowest BCUT2D eigenvalue weighted by atomic mass is 10.0. The first kappa shape index (κ1) is 14.2. The quantitative estimate of drug-likeness (QED) is 0.829. The van der Waals surface area contributed by atoms with Gasteiger partial charge in [-0.25, -0.2) is 0 Å². The molecule has 4 nitrogen and oxygen atoms in total. The van der Waals surface area contributed by atoms with Gasteiger partial charge < -0.3 is 4.74 Å². The zero-order valence-corrected chi connectivity index (χ0v) is 12.3. The summed E-state index contributed by atoms with van der Waals surface area (Å²) < 4.78 is 16.6. The van der Waals surface area contributed by atoms with E-state index in [4.69, 9.17) is 4.74 Å². The Kier molecular flexibility index (Phi) is 4.37. The Hall–Kier alpha value is -1.20. The normalized spacial score (nSPS) is 27.0. The predicted molar refractivity (Wildman–Crippen MR) is 75.5 cm³/mol. The number of carbonyl (C=O) groups is 1. The minimum Gasteiger partial charge on any atom is -0.468 e. The molecule has 0 aromatic heterocycles. The van der Waals surface area contributed by atoms with E-state index in [2.05, 4.69) is 31.3 Å². The number of hydrogen-bond donors (Lipinski definition) is 1. The third-order valence-corrected chi connectivity index (χ3v) is 4.94. The minimum absolute atomic E-state index is 0.0574. The third kappa shape index (κ3) is 3.22. The zero-order valence-electron chi connectivity index (χ0n) is 11.4. The number of aryl methyl sites for hydroxylation is 2. The van der Waals surface area contributed by atoms with Crippen LogP contribution in [-0.4, -0.2) is 34.8 Å². The standard InChI is InChI=1S/C14H19NO3S/c1-9-4-5-11(6-10(9)2)12-7-19(17)8-13(15-12)14(16)18-3/h4-6,12-13,15H,7-8H2,1-3H3. The van der Waals surface area contributed by atoms with Crippen molar-refractivity contribution >= 4 is 16.8 Å². The van der Waals surface area contributed by atoms with E-state index in [1.54, 1.807) is 0 Å². The van der Waals surface area contributed by atoms with Crippen molar-refractivity contribution < 1.29 is 13.7 Å². The number of ether oxygens (including phenoxy) is 1. The Morgan fingerprint density at radius 2 is 2.05 bits per heavy atom. The molecular weight excluding hydrogens is 262 g/mol. The summed E-state index contributed by atoms with van der Waals surface area (Å²) in [5, 5.41) is 3.23. The van der Waals surface area contributed by atoms with E-state index in [-0.39, 0.29) is 12.0 Å². The van der Waals surface area contributed by atoms with Crippen LogP contribution in [0.25, 0.3) is 0 Å². The van der Waals surface area contributed by atoms with Crippen LogP contribution in [0.3, 0.4) is 0 Å². The molecule has 5 heteroatoms. The van der Waals surface area contributed by atoms with Crippen molar-refractivity contribution in [1.29, 1.82) is 0 Å². The SMILES string of the molecule is COC(=O)C1CS(=O)CC(c2ccc(C)c(C)c2)N1. The number of hydrogen-bond acceptors (Lipinski definition) is 4. The van der Waals surface area contributed by atoms with Crippen LogP contribution in [0, 0.1) is 13.8 Å². The lowest BCUT2D eigenvalue weighted by Gasteiger charge is -2.29. The average Bonchev–Trinajstić information content (AvgIpc) is 2.40. The van der Waals surface area contributed by atoms with Gasteiger partial charge in [-0.3, -0.25) is 14.3 Å². The number of nitrogens with one attached hydrogen (secondary N) is 1. The molecule has 2 rings (SSSR count). The van der Waals surface area contributed by atoms with Crippen LogP contribution in [0.2, 0.25) is 0 Å². The van der Waals surface area contributed by atoms with Crippen molar-refractivity contribution in [1.82, 2.24) is 5.32 Å². The molecule has 1 aromatic carbocycles. The molecule has 3 unspecified atom stereocenters. The molecule has 1 aliphatic rings. The second kappa shape index (κ2) is 5.84. The Bertz CT molecular complexity index is 515. The molecule has 1 N–H and O–H groups in total. The van der Waals surface area contributed by atoms with Crippen LogP contribution in [0.15, 0.2) is 18.2 Å². The largest absolute Gasteiger partial charge is 0.468 e. The highest BCUT2D eigenvalue weighted by molar-refractivity contribution is 7.85. The van der Waals surface area contributed by atoms with Gasteiger partial charge >= 0.3 is 5.97 Å². The van der Waals surface area contributed by atoms with Crippen molar-refractivity contribution in [3.8, 4) is 0 Å². The van der Waals surface area contributed by atoms with E-state index < -0.39 is 16.8 Å². The number of esters is 1. The lowest BCUT2D eigenvalue weighted by Crippen LogP contribution is -2.49. The first-order valence-electron chi connectivity index (χ1n) is 6.27. The summed E-state index contributed by atoms with van der Waals surface area (Å²) >= 11 is 0. The van der Waals surface area contributed by atoms with Crippen molar-refractivity contribution in [2.24, 2.45) is 0 Å². The molecule has 1 saturated heterocycles. The maximum Gasteiger partial charge on any atom is 0.323 e. The summed E-state index contributed by atoms with van der Waals surface area (Å²) in [6.45, 7) is 4.11. The average molecular weight is 281 g/mol. The molecular formula is C14H19NO3S. The van der Waals surface area contributed by atoms with Crippen LogP contribution in [-0.2, 0) is 20.3 Å². The zero-order chi connectivity index (χ0) is 14.0. The number of methoxy groups -OCH3 is 1. The Morgan fingerprint density at radius 3 is 2.68 bits per heavy atom. The molecule has 1 heterocycles. The molecule has 0 radical (unpaired) electrons. The number of benzene rings is 1. The van der Waals surface area contributed by atoms with E-state index in [9.17, 15) is 9.00 Å². The first-order chi connectivity index (χ1) is 9.01. The summed E-state index contributed by atoms with van der Waals surface area (Å²) in [6, 6.07) is 5.63. The minimum atomic E-state index is -0.998. The molecule has 0 saturated carbocycles. The van der Waals surface area contributed by atoms with Crippen molar-refractivity contribution in [2.45, 2.75) is 25.9 Å². The van der Waals surface area contributed by atoms with Crippen LogP contribution >= 0.6 is 0 Å². The maximum absolute atomic E-state index is 11.9. The topological polar surface area (TPSA) is 55.4 Å². The van der Waals surface area contributed by atoms with Crippen LogP contribution in [0.4, 0.5) is 0 Å². The highest BCUT2D eigenvalue weighted by Crippen LogP contribution is 2.22. The summed E-state index contributed by atoms with van der Waals surface area (Å²) in [4.78, 5) is 11.6. The van der Waals surface area contributed by atoms with Gasteiger partial charge in [0.15, 0.2) is 0 Å². The highest BCUT2D eigenvalue weighted by Gasteiger charge is 2.31. The second-order valence-corrected chi connectivity index (χ2v) is 6.46. The summed E-state index contributed by atoms with van der Waals surface area (Å²) in [5.41, 5.74) is 3.50. The van der Waals surface area contributed by atoms with E-state index >= 15 is 0 Å². The second-order valence-electron chi connectivity index (χ2n) is 4.91. The van der Waals surface area contributed by atoms with Crippen molar-refractivity contribution in [3.63, 3.8) is 0 Å². The third-order valence-electron chi connectivity index (χ3n) is 3.53. The molecule has 0 spiro atoms. The molecule has 19 heavy (non-hydrogen) atoms. The van der Waals surface area contributed by atoms with Crippen LogP contribution < -0.4 is 5.32 Å². The Morgan fingerprint density at radius 1 is 1.32 bits per heavy atom. The maximum atomic E-state index is 11.9. The molecule has 0 aliphatic carbocycles. The molecule has 1 aliphatic heterocycles. The predicted octanol–water partition coefficient (Wildman–Crippen LogP) is 1.24. The molecule has 0 amide bonds. The van der Waals surface area contributed by atoms with Gasteiger partial charge in [-0.05, 0) is 30.5 Å². The van der Waals surface area contributed by atoms with E-state index in [0.29, 0.717) is 11.5 Å². The van der Waals surface area contributed by atoms with Gasteiger partial charge in [-0.1, -0.05) is 18.2 Å². The van der Waals surface area contributed by atoms with Crippen LogP contribution in [0.1, 0.15) is 22.7 Å². The Labute approximate surface area is 116 Å². The van der Waals surface area contributed by atoms with E-state index in [1.165, 1.54) is 18.2 Å². The van der Waals surface area contributed by atoms with Gasteiger partial charge in [0.2, 0.25) is 0 Å². The van der Waals surface area contributed by atoms with Gasteiger partial charge in [0.05, 0.1) is 7.11 Å². The monoisotopic (exact) mass is 281 g/mol. The lowest BCUT2D eigenvalue weighted by molar-refractivity contribution is -0.142. The summed E-state index contributed by atoms with van der Waals surface area (Å²) in [5.74, 6) is 0.520. The number of rotatable bonds is 2. The molecule has 1 aromatic rings. The van der Waals surface area contributed by atoms with Gasteiger partial charge in [-0.2, -0.15) is 0 Å². The Balaban J connectivity index is 2.21. The smallest absolute Gasteiger partial charge is 0.323 e. The van der Waals surface area contributed by atoms with E-state index in [0.717, 1.165) is 5.56 Å². The summed E-state index contributed by atoms with van der Waals surface area (Å²) in [7, 11) is 0.355. The molecule has 104 valence electrons. The van der Waals surface area contributed by atoms with Gasteiger partial charge in [0.25, 0.3) is 0 Å². The van der Waals surface area contributed by atoms with Gasteiger partial charge in [0.1, 0.15) is 6.04 Å². The van der Waals surface area contributed by atoms with Gasteiger partial charge in [0, 0.05) is 28.3 Å². The van der Waals surface area contributed by atoms with E-state index in [1.807, 2.05) is 6.07 Å². The van der Waals surface area contributed by atoms with Crippen molar-refractivity contribution in [2.75, 3.05) is 18.6 Å². The molecule has 1 fully saturated rings.